The van der Waals surface area contributed by atoms with Crippen LogP contribution in [-0.4, -0.2) is 35.0 Å². The number of anilines is 1. The van der Waals surface area contributed by atoms with E-state index in [-0.39, 0.29) is 12.0 Å². The number of amides is 1. The zero-order valence-electron chi connectivity index (χ0n) is 13.5. The van der Waals surface area contributed by atoms with Crippen LogP contribution in [-0.2, 0) is 6.42 Å². The van der Waals surface area contributed by atoms with E-state index >= 15 is 0 Å². The van der Waals surface area contributed by atoms with Gasteiger partial charge in [-0.1, -0.05) is 18.2 Å². The maximum Gasteiger partial charge on any atom is 0.258 e. The van der Waals surface area contributed by atoms with Gasteiger partial charge in [-0.2, -0.15) is 11.8 Å². The van der Waals surface area contributed by atoms with Crippen molar-refractivity contribution in [1.82, 2.24) is 4.98 Å². The largest absolute Gasteiger partial charge is 0.473 e. The number of hydrogen-bond donors (Lipinski definition) is 0. The van der Waals surface area contributed by atoms with Gasteiger partial charge in [0.1, 0.15) is 6.10 Å². The Labute approximate surface area is 146 Å². The number of carbonyl (C=O) groups is 1. The van der Waals surface area contributed by atoms with Crippen LogP contribution in [0.5, 0.6) is 5.88 Å². The summed E-state index contributed by atoms with van der Waals surface area (Å²) < 4.78 is 5.92. The van der Waals surface area contributed by atoms with Crippen molar-refractivity contribution in [3.05, 3.63) is 53.7 Å². The first-order valence-electron chi connectivity index (χ1n) is 8.41. The minimum atomic E-state index is 0.0233. The summed E-state index contributed by atoms with van der Waals surface area (Å²) in [5.41, 5.74) is 2.91. The van der Waals surface area contributed by atoms with Crippen molar-refractivity contribution >= 4 is 23.4 Å². The van der Waals surface area contributed by atoms with Crippen LogP contribution in [0.15, 0.2) is 42.6 Å². The van der Waals surface area contributed by atoms with Crippen LogP contribution < -0.4 is 9.64 Å². The van der Waals surface area contributed by atoms with Crippen LogP contribution in [0.4, 0.5) is 5.69 Å². The first-order valence-corrected chi connectivity index (χ1v) is 9.57. The summed E-state index contributed by atoms with van der Waals surface area (Å²) in [5, 5.41) is 0. The van der Waals surface area contributed by atoms with E-state index in [9.17, 15) is 4.79 Å². The molecule has 3 heterocycles. The van der Waals surface area contributed by atoms with Crippen LogP contribution in [0.3, 0.4) is 0 Å². The number of fused-ring (bicyclic) bond motifs is 1. The normalized spacial score (nSPS) is 19.8. The van der Waals surface area contributed by atoms with Crippen molar-refractivity contribution in [2.45, 2.75) is 25.4 Å². The third kappa shape index (κ3) is 3.13. The second-order valence-corrected chi connectivity index (χ2v) is 7.33. The van der Waals surface area contributed by atoms with Crippen LogP contribution in [0.1, 0.15) is 28.8 Å². The number of thioether (sulfide) groups is 1. The lowest BCUT2D eigenvalue weighted by Gasteiger charge is -2.29. The van der Waals surface area contributed by atoms with E-state index in [1.807, 2.05) is 34.9 Å². The summed E-state index contributed by atoms with van der Waals surface area (Å²) in [4.78, 5) is 19.1. The lowest BCUT2D eigenvalue weighted by molar-refractivity contribution is 0.0984. The molecule has 0 spiro atoms. The average molecular weight is 340 g/mol. The molecule has 124 valence electrons. The number of ether oxygens (including phenoxy) is 1. The molecule has 0 unspecified atom stereocenters. The van der Waals surface area contributed by atoms with E-state index < -0.39 is 0 Å². The molecule has 0 N–H and O–H groups in total. The first-order chi connectivity index (χ1) is 11.8. The highest BCUT2D eigenvalue weighted by molar-refractivity contribution is 7.99. The van der Waals surface area contributed by atoms with Gasteiger partial charge >= 0.3 is 0 Å². The topological polar surface area (TPSA) is 42.4 Å². The highest BCUT2D eigenvalue weighted by atomic mass is 32.2. The van der Waals surface area contributed by atoms with Crippen molar-refractivity contribution in [2.75, 3.05) is 23.0 Å². The lowest BCUT2D eigenvalue weighted by atomic mass is 10.0. The van der Waals surface area contributed by atoms with Gasteiger partial charge in [0, 0.05) is 35.8 Å². The van der Waals surface area contributed by atoms with Gasteiger partial charge in [0.2, 0.25) is 5.88 Å². The SMILES string of the molecule is O=C(c1ccnc(O[C@@H]2CCSC2)c1)N1CCCc2ccccc21. The molecule has 0 aliphatic carbocycles. The van der Waals surface area contributed by atoms with Gasteiger partial charge in [0.25, 0.3) is 5.91 Å². The number of benzene rings is 1. The van der Waals surface area contributed by atoms with Crippen molar-refractivity contribution < 1.29 is 9.53 Å². The van der Waals surface area contributed by atoms with E-state index in [2.05, 4.69) is 11.1 Å². The second-order valence-electron chi connectivity index (χ2n) is 6.18. The van der Waals surface area contributed by atoms with Gasteiger partial charge in [-0.3, -0.25) is 4.79 Å². The van der Waals surface area contributed by atoms with Gasteiger partial charge < -0.3 is 9.64 Å². The van der Waals surface area contributed by atoms with Crippen molar-refractivity contribution in [1.29, 1.82) is 0 Å². The molecule has 1 atom stereocenters. The van der Waals surface area contributed by atoms with Gasteiger partial charge in [-0.25, -0.2) is 4.98 Å². The first kappa shape index (κ1) is 15.5. The summed E-state index contributed by atoms with van der Waals surface area (Å²) in [6.45, 7) is 0.758. The van der Waals surface area contributed by atoms with Crippen LogP contribution in [0.25, 0.3) is 0 Å². The number of rotatable bonds is 3. The molecule has 0 radical (unpaired) electrons. The Balaban J connectivity index is 1.56. The molecule has 2 aliphatic rings. The Bertz CT molecular complexity index is 744. The maximum atomic E-state index is 13.0. The van der Waals surface area contributed by atoms with Gasteiger partial charge in [0.15, 0.2) is 0 Å². The standard InChI is InChI=1S/C19H20N2O2S/c22-19(21-10-3-5-14-4-1-2-6-17(14)21)15-7-9-20-18(12-15)23-16-8-11-24-13-16/h1-2,4,6-7,9,12,16H,3,5,8,10-11,13H2/t16-/m1/s1. The molecule has 0 bridgehead atoms. The summed E-state index contributed by atoms with van der Waals surface area (Å²) in [7, 11) is 0. The van der Waals surface area contributed by atoms with Crippen LogP contribution >= 0.6 is 11.8 Å². The maximum absolute atomic E-state index is 13.0. The molecule has 0 saturated carbocycles. The van der Waals surface area contributed by atoms with E-state index in [0.29, 0.717) is 11.4 Å². The fraction of sp³-hybridized carbons (Fsp3) is 0.368. The minimum Gasteiger partial charge on any atom is -0.473 e. The molecule has 2 aromatic rings. The lowest BCUT2D eigenvalue weighted by Crippen LogP contribution is -2.35. The van der Waals surface area contributed by atoms with E-state index in [0.717, 1.165) is 43.0 Å². The minimum absolute atomic E-state index is 0.0233. The van der Waals surface area contributed by atoms with Gasteiger partial charge in [-0.15, -0.1) is 0 Å². The van der Waals surface area contributed by atoms with E-state index in [1.165, 1.54) is 5.56 Å². The predicted octanol–water partition coefficient (Wildman–Crippen LogP) is 3.56. The van der Waals surface area contributed by atoms with Crippen molar-refractivity contribution in [3.8, 4) is 5.88 Å². The van der Waals surface area contributed by atoms with Crippen LogP contribution in [0.2, 0.25) is 0 Å². The number of carbonyl (C=O) groups excluding carboxylic acids is 1. The fourth-order valence-electron chi connectivity index (χ4n) is 3.28. The molecule has 1 aromatic carbocycles. The Morgan fingerprint density at radius 1 is 1.29 bits per heavy atom. The Morgan fingerprint density at radius 3 is 3.08 bits per heavy atom. The molecule has 1 saturated heterocycles. The molecule has 24 heavy (non-hydrogen) atoms. The summed E-state index contributed by atoms with van der Waals surface area (Å²) >= 11 is 1.90. The fourth-order valence-corrected chi connectivity index (χ4v) is 4.38. The van der Waals surface area contributed by atoms with Gasteiger partial charge in [-0.05, 0) is 42.7 Å². The average Bonchev–Trinajstić information content (AvgIpc) is 3.14. The molecule has 1 fully saturated rings. The molecule has 4 nitrogen and oxygen atoms in total. The molecular weight excluding hydrogens is 320 g/mol. The zero-order chi connectivity index (χ0) is 16.4. The second kappa shape index (κ2) is 6.85. The van der Waals surface area contributed by atoms with E-state index in [1.54, 1.807) is 18.3 Å². The number of para-hydroxylation sites is 1. The molecular formula is C19H20N2O2S. The quantitative estimate of drug-likeness (QED) is 0.857. The molecule has 5 heteroatoms. The number of pyridine rings is 1. The highest BCUT2D eigenvalue weighted by Crippen LogP contribution is 2.29. The number of aryl methyl sites for hydroxylation is 1. The smallest absolute Gasteiger partial charge is 0.258 e. The number of aromatic nitrogens is 1. The highest BCUT2D eigenvalue weighted by Gasteiger charge is 2.24. The Hall–Kier alpha value is -2.01. The molecule has 2 aliphatic heterocycles. The Kier molecular flexibility index (Phi) is 4.43. The Morgan fingerprint density at radius 2 is 2.21 bits per heavy atom. The van der Waals surface area contributed by atoms with Crippen LogP contribution in [0, 0.1) is 0 Å². The summed E-state index contributed by atoms with van der Waals surface area (Å²) in [6.07, 6.45) is 4.95. The van der Waals surface area contributed by atoms with Crippen molar-refractivity contribution in [3.63, 3.8) is 0 Å². The predicted molar refractivity (Wildman–Crippen MR) is 97.0 cm³/mol. The zero-order valence-corrected chi connectivity index (χ0v) is 14.3. The third-order valence-corrected chi connectivity index (χ3v) is 5.64. The van der Waals surface area contributed by atoms with Gasteiger partial charge in [0.05, 0.1) is 0 Å². The molecule has 4 rings (SSSR count). The number of nitrogens with zero attached hydrogens (tertiary/aromatic N) is 2. The summed E-state index contributed by atoms with van der Waals surface area (Å²) in [5.74, 6) is 2.71. The summed E-state index contributed by atoms with van der Waals surface area (Å²) in [6, 6.07) is 11.7. The van der Waals surface area contributed by atoms with E-state index in [4.69, 9.17) is 4.74 Å². The monoisotopic (exact) mass is 340 g/mol. The third-order valence-electron chi connectivity index (χ3n) is 4.51. The molecule has 1 aromatic heterocycles. The number of hydrogen-bond acceptors (Lipinski definition) is 4. The van der Waals surface area contributed by atoms with Crippen molar-refractivity contribution in [2.24, 2.45) is 0 Å². The molecule has 1 amide bonds.